The summed E-state index contributed by atoms with van der Waals surface area (Å²) in [6.07, 6.45) is 13.4. The molecule has 0 aromatic heterocycles. The third-order valence-electron chi connectivity index (χ3n) is 6.28. The van der Waals surface area contributed by atoms with Gasteiger partial charge in [-0.05, 0) is 66.4 Å². The Balaban J connectivity index is 1.30. The normalized spacial score (nSPS) is 21.6. The van der Waals surface area contributed by atoms with Crippen LogP contribution in [0, 0.1) is 0 Å². The monoisotopic (exact) mass is 407 g/mol. The van der Waals surface area contributed by atoms with Crippen molar-refractivity contribution < 1.29 is 9.33 Å². The van der Waals surface area contributed by atoms with Gasteiger partial charge < -0.3 is 4.74 Å². The van der Waals surface area contributed by atoms with Crippen LogP contribution in [0.5, 0.6) is 11.5 Å². The molecule has 0 bridgehead atoms. The Morgan fingerprint density at radius 1 is 0.871 bits per heavy atom. The van der Waals surface area contributed by atoms with E-state index in [-0.39, 0.29) is 0 Å². The summed E-state index contributed by atoms with van der Waals surface area (Å²) in [6, 6.07) is 23.4. The van der Waals surface area contributed by atoms with Crippen LogP contribution in [0.3, 0.4) is 0 Å². The Morgan fingerprint density at radius 2 is 1.68 bits per heavy atom. The summed E-state index contributed by atoms with van der Waals surface area (Å²) in [5.41, 5.74) is 2.21. The molecule has 0 saturated heterocycles. The van der Waals surface area contributed by atoms with Crippen LogP contribution < -0.4 is 9.75 Å². The second-order valence-corrected chi connectivity index (χ2v) is 8.17. The SMILES string of the molecule is C1=C[N+]2(N(c3ccc(Oc4ccc5ccccc5c4)cc3)C3CCC3)C=NC=C2C=N1. The molecule has 31 heavy (non-hydrogen) atoms. The minimum Gasteiger partial charge on any atom is -0.457 e. The average molecular weight is 407 g/mol. The van der Waals surface area contributed by atoms with E-state index in [9.17, 15) is 0 Å². The number of rotatable bonds is 5. The van der Waals surface area contributed by atoms with E-state index in [1.165, 1.54) is 30.0 Å². The molecule has 0 N–H and O–H groups in total. The summed E-state index contributed by atoms with van der Waals surface area (Å²) in [5.74, 6) is 1.67. The Kier molecular flexibility index (Phi) is 4.21. The molecule has 1 unspecified atom stereocenters. The van der Waals surface area contributed by atoms with Crippen molar-refractivity contribution in [1.82, 2.24) is 0 Å². The van der Waals surface area contributed by atoms with Crippen LogP contribution >= 0.6 is 0 Å². The fraction of sp³-hybridized carbons (Fsp3) is 0.154. The number of quaternary nitrogens is 1. The van der Waals surface area contributed by atoms with Crippen LogP contribution in [-0.2, 0) is 0 Å². The van der Waals surface area contributed by atoms with Crippen LogP contribution in [-0.4, -0.2) is 23.2 Å². The van der Waals surface area contributed by atoms with Crippen LogP contribution in [0.1, 0.15) is 19.3 Å². The quantitative estimate of drug-likeness (QED) is 0.475. The summed E-state index contributed by atoms with van der Waals surface area (Å²) in [4.78, 5) is 8.77. The second-order valence-electron chi connectivity index (χ2n) is 8.17. The fourth-order valence-electron chi connectivity index (χ4n) is 4.47. The zero-order valence-electron chi connectivity index (χ0n) is 17.1. The zero-order chi connectivity index (χ0) is 20.7. The molecular formula is C26H23N4O+. The van der Waals surface area contributed by atoms with E-state index in [0.717, 1.165) is 22.9 Å². The topological polar surface area (TPSA) is 37.2 Å². The first-order chi connectivity index (χ1) is 15.3. The van der Waals surface area contributed by atoms with Crippen molar-refractivity contribution >= 4 is 29.0 Å². The van der Waals surface area contributed by atoms with Crippen LogP contribution in [0.4, 0.5) is 5.69 Å². The second kappa shape index (κ2) is 7.22. The number of hydrogen-bond acceptors (Lipinski definition) is 4. The molecular weight excluding hydrogens is 384 g/mol. The molecule has 0 amide bonds. The predicted octanol–water partition coefficient (Wildman–Crippen LogP) is 6.16. The minimum atomic E-state index is 0.469. The summed E-state index contributed by atoms with van der Waals surface area (Å²) >= 11 is 0. The van der Waals surface area contributed by atoms with Gasteiger partial charge in [0.15, 0.2) is 6.20 Å². The summed E-state index contributed by atoms with van der Waals surface area (Å²) in [5, 5.41) is 4.83. The van der Waals surface area contributed by atoms with Gasteiger partial charge in [0.25, 0.3) is 0 Å². The summed E-state index contributed by atoms with van der Waals surface area (Å²) < 4.78 is 6.63. The Hall–Kier alpha value is -3.70. The van der Waals surface area contributed by atoms with Gasteiger partial charge in [0.2, 0.25) is 12.0 Å². The van der Waals surface area contributed by atoms with Gasteiger partial charge in [0.1, 0.15) is 11.5 Å². The highest BCUT2D eigenvalue weighted by Gasteiger charge is 2.46. The van der Waals surface area contributed by atoms with Gasteiger partial charge in [-0.1, -0.05) is 30.3 Å². The first kappa shape index (κ1) is 18.1. The predicted molar refractivity (Wildman–Crippen MR) is 125 cm³/mol. The Labute approximate surface area is 181 Å². The number of nitrogens with zero attached hydrogens (tertiary/aromatic N) is 4. The van der Waals surface area contributed by atoms with Crippen molar-refractivity contribution in [1.29, 1.82) is 0 Å². The molecule has 5 nitrogen and oxygen atoms in total. The Morgan fingerprint density at radius 3 is 2.48 bits per heavy atom. The van der Waals surface area contributed by atoms with Gasteiger partial charge in [0, 0.05) is 0 Å². The molecule has 5 heteroatoms. The van der Waals surface area contributed by atoms with Crippen molar-refractivity contribution in [2.24, 2.45) is 9.98 Å². The molecule has 1 saturated carbocycles. The van der Waals surface area contributed by atoms with E-state index in [1.54, 1.807) is 0 Å². The van der Waals surface area contributed by atoms with E-state index in [4.69, 9.17) is 4.74 Å². The number of aliphatic imine (C=N–C) groups is 2. The maximum Gasteiger partial charge on any atom is 0.225 e. The fourth-order valence-corrected chi connectivity index (χ4v) is 4.47. The molecule has 2 aliphatic heterocycles. The summed E-state index contributed by atoms with van der Waals surface area (Å²) in [7, 11) is 0. The molecule has 3 aliphatic rings. The lowest BCUT2D eigenvalue weighted by Crippen LogP contribution is -2.61. The number of fused-ring (bicyclic) bond motifs is 2. The van der Waals surface area contributed by atoms with Crippen molar-refractivity contribution in [3.8, 4) is 11.5 Å². The highest BCUT2D eigenvalue weighted by Crippen LogP contribution is 2.39. The molecule has 0 radical (unpaired) electrons. The molecule has 2 heterocycles. The van der Waals surface area contributed by atoms with Gasteiger partial charge in [-0.25, -0.2) is 10.0 Å². The van der Waals surface area contributed by atoms with E-state index < -0.39 is 0 Å². The van der Waals surface area contributed by atoms with Crippen LogP contribution in [0.2, 0.25) is 0 Å². The van der Waals surface area contributed by atoms with Gasteiger partial charge >= 0.3 is 0 Å². The van der Waals surface area contributed by atoms with Crippen LogP contribution in [0.15, 0.2) is 101 Å². The molecule has 1 fully saturated rings. The maximum absolute atomic E-state index is 6.16. The number of ether oxygens (including phenoxy) is 1. The third-order valence-corrected chi connectivity index (χ3v) is 6.28. The molecule has 152 valence electrons. The van der Waals surface area contributed by atoms with Crippen molar-refractivity contribution in [2.75, 3.05) is 5.01 Å². The first-order valence-corrected chi connectivity index (χ1v) is 10.7. The van der Waals surface area contributed by atoms with Gasteiger partial charge in [-0.15, -0.1) is 4.59 Å². The van der Waals surface area contributed by atoms with Gasteiger partial charge in [-0.3, -0.25) is 4.99 Å². The average Bonchev–Trinajstić information content (AvgIpc) is 3.21. The zero-order valence-corrected chi connectivity index (χ0v) is 17.1. The lowest BCUT2D eigenvalue weighted by Gasteiger charge is -2.46. The third kappa shape index (κ3) is 3.05. The molecule has 1 atom stereocenters. The number of hydrogen-bond donors (Lipinski definition) is 0. The maximum atomic E-state index is 6.16. The molecule has 0 spiro atoms. The van der Waals surface area contributed by atoms with E-state index in [1.807, 2.05) is 49.2 Å². The highest BCUT2D eigenvalue weighted by atomic mass is 16.5. The van der Waals surface area contributed by atoms with Crippen molar-refractivity contribution in [3.63, 3.8) is 0 Å². The largest absolute Gasteiger partial charge is 0.457 e. The lowest BCUT2D eigenvalue weighted by molar-refractivity contribution is -0.746. The van der Waals surface area contributed by atoms with E-state index in [0.29, 0.717) is 10.6 Å². The van der Waals surface area contributed by atoms with Gasteiger partial charge in [0.05, 0.1) is 30.3 Å². The number of benzene rings is 3. The first-order valence-electron chi connectivity index (χ1n) is 10.7. The van der Waals surface area contributed by atoms with Gasteiger partial charge in [-0.2, -0.15) is 0 Å². The smallest absolute Gasteiger partial charge is 0.225 e. The molecule has 3 aromatic rings. The van der Waals surface area contributed by atoms with Crippen molar-refractivity contribution in [2.45, 2.75) is 25.3 Å². The number of allylic oxidation sites excluding steroid dienone is 1. The van der Waals surface area contributed by atoms with E-state index in [2.05, 4.69) is 63.7 Å². The minimum absolute atomic E-state index is 0.469. The Bertz CT molecular complexity index is 1250. The standard InChI is InChI=1S/C26H23N4O/c1-2-5-21-16-26(11-8-20(21)4-1)31-25-12-9-23(10-13-25)29(22-6-3-7-22)30-15-14-27-17-24(30)18-28-19-30/h1-2,4-5,8-19,22H,3,6-7H2/q+1. The lowest BCUT2D eigenvalue weighted by atomic mass is 9.92. The molecule has 1 aliphatic carbocycles. The summed E-state index contributed by atoms with van der Waals surface area (Å²) in [6.45, 7) is 0. The molecule has 6 rings (SSSR count). The van der Waals surface area contributed by atoms with Crippen LogP contribution in [0.25, 0.3) is 10.8 Å². The number of anilines is 1. The van der Waals surface area contributed by atoms with E-state index >= 15 is 0 Å². The molecule has 3 aromatic carbocycles. The van der Waals surface area contributed by atoms with Crippen molar-refractivity contribution in [3.05, 3.63) is 91.0 Å². The highest BCUT2D eigenvalue weighted by molar-refractivity contribution is 5.84.